The second-order valence-electron chi connectivity index (χ2n) is 5.42. The van der Waals surface area contributed by atoms with Crippen molar-refractivity contribution in [1.29, 1.82) is 0 Å². The average molecular weight is 212 g/mol. The Morgan fingerprint density at radius 1 is 1.07 bits per heavy atom. The molecule has 0 aromatic carbocycles. The third kappa shape index (κ3) is 2.94. The minimum atomic E-state index is 0.371. The first-order chi connectivity index (χ1) is 7.35. The first-order valence-corrected chi connectivity index (χ1v) is 6.53. The summed E-state index contributed by atoms with van der Waals surface area (Å²) in [5.74, 6) is 0.894. The Morgan fingerprint density at radius 3 is 2.33 bits per heavy atom. The van der Waals surface area contributed by atoms with Crippen LogP contribution in [-0.2, 0) is 4.74 Å². The Kier molecular flexibility index (Phi) is 4.04. The number of hydrogen-bond donors (Lipinski definition) is 1. The van der Waals surface area contributed by atoms with Gasteiger partial charge in [0.1, 0.15) is 0 Å². The van der Waals surface area contributed by atoms with Gasteiger partial charge in [-0.15, -0.1) is 0 Å². The van der Waals surface area contributed by atoms with Crippen molar-refractivity contribution < 1.29 is 9.84 Å². The van der Waals surface area contributed by atoms with Gasteiger partial charge in [0, 0.05) is 19.8 Å². The molecule has 2 heteroatoms. The summed E-state index contributed by atoms with van der Waals surface area (Å²) < 4.78 is 5.46. The molecule has 1 aliphatic heterocycles. The maximum Gasteiger partial charge on any atom is 0.0471 e. The molecule has 1 saturated heterocycles. The van der Waals surface area contributed by atoms with E-state index in [9.17, 15) is 0 Å². The van der Waals surface area contributed by atoms with E-state index in [1.165, 1.54) is 44.9 Å². The van der Waals surface area contributed by atoms with Crippen LogP contribution >= 0.6 is 0 Å². The lowest BCUT2D eigenvalue weighted by atomic mass is 9.66. The molecular weight excluding hydrogens is 188 g/mol. The third-order valence-electron chi connectivity index (χ3n) is 4.49. The van der Waals surface area contributed by atoms with Gasteiger partial charge in [0.2, 0.25) is 0 Å². The number of rotatable bonds is 3. The predicted octanol–water partition coefficient (Wildman–Crippen LogP) is 2.75. The number of aliphatic hydroxyl groups excluding tert-OH is 1. The van der Waals surface area contributed by atoms with Crippen LogP contribution in [0.3, 0.4) is 0 Å². The van der Waals surface area contributed by atoms with E-state index in [4.69, 9.17) is 9.84 Å². The summed E-state index contributed by atoms with van der Waals surface area (Å²) in [7, 11) is 0. The van der Waals surface area contributed by atoms with Crippen molar-refractivity contribution in [2.45, 2.75) is 51.4 Å². The first-order valence-electron chi connectivity index (χ1n) is 6.53. The zero-order valence-corrected chi connectivity index (χ0v) is 9.71. The highest BCUT2D eigenvalue weighted by Crippen LogP contribution is 2.46. The molecule has 0 radical (unpaired) electrons. The zero-order valence-electron chi connectivity index (χ0n) is 9.71. The molecule has 0 unspecified atom stereocenters. The van der Waals surface area contributed by atoms with E-state index in [1.54, 1.807) is 0 Å². The Morgan fingerprint density at radius 2 is 1.73 bits per heavy atom. The summed E-state index contributed by atoms with van der Waals surface area (Å²) in [6.07, 6.45) is 10.4. The number of aliphatic hydroxyl groups is 1. The highest BCUT2D eigenvalue weighted by molar-refractivity contribution is 4.87. The van der Waals surface area contributed by atoms with E-state index < -0.39 is 0 Å². The van der Waals surface area contributed by atoms with Gasteiger partial charge in [0.05, 0.1) is 0 Å². The maximum absolute atomic E-state index is 8.82. The van der Waals surface area contributed by atoms with Crippen molar-refractivity contribution in [1.82, 2.24) is 0 Å². The predicted molar refractivity (Wildman–Crippen MR) is 60.8 cm³/mol. The summed E-state index contributed by atoms with van der Waals surface area (Å²) in [6, 6.07) is 0. The van der Waals surface area contributed by atoms with E-state index >= 15 is 0 Å². The highest BCUT2D eigenvalue weighted by atomic mass is 16.5. The minimum absolute atomic E-state index is 0.371. The zero-order chi connectivity index (χ0) is 10.6. The molecule has 0 bridgehead atoms. The molecule has 2 fully saturated rings. The van der Waals surface area contributed by atoms with Crippen LogP contribution in [0.2, 0.25) is 0 Å². The lowest BCUT2D eigenvalue weighted by Crippen LogP contribution is -2.33. The molecule has 88 valence electrons. The molecule has 2 aliphatic rings. The molecule has 15 heavy (non-hydrogen) atoms. The monoisotopic (exact) mass is 212 g/mol. The van der Waals surface area contributed by atoms with Crippen LogP contribution in [0.15, 0.2) is 0 Å². The maximum atomic E-state index is 8.82. The van der Waals surface area contributed by atoms with Crippen LogP contribution in [0, 0.1) is 11.3 Å². The van der Waals surface area contributed by atoms with Gasteiger partial charge in [0.15, 0.2) is 0 Å². The molecule has 1 aliphatic carbocycles. The SMILES string of the molecule is OCCCC1CCC2(CCOCC2)CC1. The molecule has 2 nitrogen and oxygen atoms in total. The van der Waals surface area contributed by atoms with Crippen LogP contribution in [-0.4, -0.2) is 24.9 Å². The van der Waals surface area contributed by atoms with Gasteiger partial charge in [-0.05, 0) is 62.7 Å². The molecule has 0 aromatic heterocycles. The van der Waals surface area contributed by atoms with Gasteiger partial charge >= 0.3 is 0 Å². The summed E-state index contributed by atoms with van der Waals surface area (Å²) in [5, 5.41) is 8.82. The molecule has 1 saturated carbocycles. The Bertz CT molecular complexity index is 175. The standard InChI is InChI=1S/C13H24O2/c14-9-1-2-12-3-5-13(6-4-12)7-10-15-11-8-13/h12,14H,1-11H2. The van der Waals surface area contributed by atoms with Crippen LogP contribution in [0.4, 0.5) is 0 Å². The Balaban J connectivity index is 1.75. The minimum Gasteiger partial charge on any atom is -0.396 e. The van der Waals surface area contributed by atoms with Crippen LogP contribution < -0.4 is 0 Å². The van der Waals surface area contributed by atoms with Gasteiger partial charge < -0.3 is 9.84 Å². The number of ether oxygens (including phenoxy) is 1. The molecule has 2 rings (SSSR count). The van der Waals surface area contributed by atoms with Gasteiger partial charge in [-0.25, -0.2) is 0 Å². The summed E-state index contributed by atoms with van der Waals surface area (Å²) >= 11 is 0. The molecule has 1 spiro atoms. The lowest BCUT2D eigenvalue weighted by Gasteiger charge is -2.42. The highest BCUT2D eigenvalue weighted by Gasteiger charge is 2.36. The number of hydrogen-bond acceptors (Lipinski definition) is 2. The fraction of sp³-hybridized carbons (Fsp3) is 1.00. The van der Waals surface area contributed by atoms with Crippen molar-refractivity contribution in [2.75, 3.05) is 19.8 Å². The lowest BCUT2D eigenvalue weighted by molar-refractivity contribution is -0.0137. The second kappa shape index (κ2) is 5.31. The smallest absolute Gasteiger partial charge is 0.0471 e. The van der Waals surface area contributed by atoms with Crippen LogP contribution in [0.25, 0.3) is 0 Å². The van der Waals surface area contributed by atoms with Crippen LogP contribution in [0.5, 0.6) is 0 Å². The van der Waals surface area contributed by atoms with Crippen molar-refractivity contribution >= 4 is 0 Å². The van der Waals surface area contributed by atoms with Crippen molar-refractivity contribution in [2.24, 2.45) is 11.3 Å². The molecule has 0 aromatic rings. The van der Waals surface area contributed by atoms with Crippen LogP contribution in [0.1, 0.15) is 51.4 Å². The van der Waals surface area contributed by atoms with Gasteiger partial charge in [-0.1, -0.05) is 0 Å². The molecule has 0 atom stereocenters. The average Bonchev–Trinajstić information content (AvgIpc) is 2.30. The van der Waals surface area contributed by atoms with Crippen molar-refractivity contribution in [3.05, 3.63) is 0 Å². The van der Waals surface area contributed by atoms with E-state index in [-0.39, 0.29) is 0 Å². The second-order valence-corrected chi connectivity index (χ2v) is 5.42. The van der Waals surface area contributed by atoms with Crippen molar-refractivity contribution in [3.63, 3.8) is 0 Å². The Hall–Kier alpha value is -0.0800. The quantitative estimate of drug-likeness (QED) is 0.779. The fourth-order valence-corrected chi connectivity index (χ4v) is 3.26. The normalized spacial score (nSPS) is 27.0. The van der Waals surface area contributed by atoms with E-state index in [0.29, 0.717) is 12.0 Å². The van der Waals surface area contributed by atoms with Gasteiger partial charge in [-0.2, -0.15) is 0 Å². The summed E-state index contributed by atoms with van der Waals surface area (Å²) in [6.45, 7) is 2.35. The largest absolute Gasteiger partial charge is 0.396 e. The topological polar surface area (TPSA) is 29.5 Å². The third-order valence-corrected chi connectivity index (χ3v) is 4.49. The molecular formula is C13H24O2. The first kappa shape index (κ1) is 11.4. The molecule has 1 N–H and O–H groups in total. The van der Waals surface area contributed by atoms with E-state index in [2.05, 4.69) is 0 Å². The summed E-state index contributed by atoms with van der Waals surface area (Å²) in [5.41, 5.74) is 0.647. The molecule has 1 heterocycles. The van der Waals surface area contributed by atoms with Crippen molar-refractivity contribution in [3.8, 4) is 0 Å². The summed E-state index contributed by atoms with van der Waals surface area (Å²) in [4.78, 5) is 0. The fourth-order valence-electron chi connectivity index (χ4n) is 3.26. The molecule has 0 amide bonds. The van der Waals surface area contributed by atoms with E-state index in [1.807, 2.05) is 0 Å². The van der Waals surface area contributed by atoms with E-state index in [0.717, 1.165) is 25.6 Å². The van der Waals surface area contributed by atoms with Gasteiger partial charge in [-0.3, -0.25) is 0 Å². The Labute approximate surface area is 93.0 Å². The van der Waals surface area contributed by atoms with Gasteiger partial charge in [0.25, 0.3) is 0 Å².